The third-order valence-corrected chi connectivity index (χ3v) is 2.46. The molecule has 10 heavy (non-hydrogen) atoms. The lowest BCUT2D eigenvalue weighted by atomic mass is 10.4. The van der Waals surface area contributed by atoms with Crippen molar-refractivity contribution < 1.29 is 9.90 Å². The predicted molar refractivity (Wildman–Crippen MR) is 44.7 cm³/mol. The smallest absolute Gasteiger partial charge is 0.366 e. The fraction of sp³-hybridized carbons (Fsp3) is 0.250. The minimum Gasteiger partial charge on any atom is -0.478 e. The molecule has 0 rings (SSSR count). The molecule has 0 heterocycles. The van der Waals surface area contributed by atoms with Crippen LogP contribution < -0.4 is 0 Å². The van der Waals surface area contributed by atoms with E-state index in [0.29, 0.717) is 0 Å². The number of carbonyl (C=O) groups is 1. The van der Waals surface area contributed by atoms with Crippen molar-refractivity contribution in [2.45, 2.75) is 6.92 Å². The highest BCUT2D eigenvalue weighted by molar-refractivity contribution is 7.66. The third-order valence-electron chi connectivity index (χ3n) is 0.718. The molecule has 0 aromatic carbocycles. The van der Waals surface area contributed by atoms with Crippen molar-refractivity contribution in [2.75, 3.05) is 0 Å². The van der Waals surface area contributed by atoms with Crippen molar-refractivity contribution in [2.24, 2.45) is 0 Å². The Kier molecular flexibility index (Phi) is 3.73. The molecule has 58 valence electrons. The molecule has 0 fully saturated rings. The Balaban J connectivity index is 4.32. The SMILES string of the molecule is CC(=C[Si](Cl)(Cl)Cl)C(=O)O. The van der Waals surface area contributed by atoms with E-state index in [0.717, 1.165) is 0 Å². The van der Waals surface area contributed by atoms with Crippen LogP contribution in [-0.4, -0.2) is 17.1 Å². The van der Waals surface area contributed by atoms with Gasteiger partial charge in [-0.2, -0.15) is 0 Å². The van der Waals surface area contributed by atoms with Gasteiger partial charge in [0.15, 0.2) is 0 Å². The Bertz CT molecular complexity index is 172. The first-order chi connectivity index (χ1) is 4.33. The summed E-state index contributed by atoms with van der Waals surface area (Å²) in [4.78, 5) is 10.2. The molecule has 2 nitrogen and oxygen atoms in total. The third kappa shape index (κ3) is 5.11. The van der Waals surface area contributed by atoms with Crippen LogP contribution in [0.25, 0.3) is 0 Å². The number of hydrogen-bond donors (Lipinski definition) is 1. The standard InChI is InChI=1S/C4H5Cl3O2Si/c1-3(4(8)9)2-10(5,6)7/h2H,1H3,(H,8,9). The van der Waals surface area contributed by atoms with Gasteiger partial charge in [-0.3, -0.25) is 0 Å². The first-order valence-corrected chi connectivity index (χ1v) is 7.43. The number of aliphatic carboxylic acids is 1. The molecule has 0 aromatic heterocycles. The topological polar surface area (TPSA) is 37.3 Å². The molecule has 0 bridgehead atoms. The number of carboxylic acids is 1. The molecule has 0 saturated heterocycles. The highest BCUT2D eigenvalue weighted by Crippen LogP contribution is 2.22. The van der Waals surface area contributed by atoms with Crippen LogP contribution in [0.15, 0.2) is 11.3 Å². The Morgan fingerprint density at radius 3 is 2.00 bits per heavy atom. The number of hydrogen-bond acceptors (Lipinski definition) is 1. The van der Waals surface area contributed by atoms with Crippen molar-refractivity contribution in [3.05, 3.63) is 11.3 Å². The van der Waals surface area contributed by atoms with Gasteiger partial charge in [0, 0.05) is 5.57 Å². The van der Waals surface area contributed by atoms with E-state index < -0.39 is 12.0 Å². The van der Waals surface area contributed by atoms with E-state index in [1.807, 2.05) is 0 Å². The minimum atomic E-state index is -2.91. The van der Waals surface area contributed by atoms with Crippen molar-refractivity contribution in [1.82, 2.24) is 0 Å². The fourth-order valence-electron chi connectivity index (χ4n) is 0.307. The number of rotatable bonds is 2. The molecule has 0 aliphatic rings. The summed E-state index contributed by atoms with van der Waals surface area (Å²) < 4.78 is 0. The Labute approximate surface area is 73.5 Å². The summed E-state index contributed by atoms with van der Waals surface area (Å²) in [6, 6.07) is -2.91. The zero-order valence-corrected chi connectivity index (χ0v) is 8.33. The van der Waals surface area contributed by atoms with Crippen LogP contribution in [-0.2, 0) is 4.79 Å². The van der Waals surface area contributed by atoms with Gasteiger partial charge in [0.1, 0.15) is 0 Å². The van der Waals surface area contributed by atoms with Gasteiger partial charge in [0.2, 0.25) is 0 Å². The van der Waals surface area contributed by atoms with Crippen LogP contribution >= 0.6 is 33.2 Å². The van der Waals surface area contributed by atoms with Gasteiger partial charge in [-0.25, -0.2) is 4.79 Å². The summed E-state index contributed by atoms with van der Waals surface area (Å²) in [6.07, 6.45) is 0. The molecule has 0 amide bonds. The quantitative estimate of drug-likeness (QED) is 0.439. The lowest BCUT2D eigenvalue weighted by Gasteiger charge is -1.99. The largest absolute Gasteiger partial charge is 0.478 e. The maximum Gasteiger partial charge on any atom is 0.366 e. The zero-order valence-electron chi connectivity index (χ0n) is 5.07. The van der Waals surface area contributed by atoms with Crippen LogP contribution in [0, 0.1) is 0 Å². The number of halogens is 3. The Morgan fingerprint density at radius 1 is 1.50 bits per heavy atom. The summed E-state index contributed by atoms with van der Waals surface area (Å²) >= 11 is 16.2. The summed E-state index contributed by atoms with van der Waals surface area (Å²) in [6.45, 7) is 1.39. The van der Waals surface area contributed by atoms with Crippen LogP contribution in [0.2, 0.25) is 0 Å². The Hall–Kier alpha value is 0.297. The van der Waals surface area contributed by atoms with E-state index in [-0.39, 0.29) is 5.57 Å². The number of carboxylic acid groups (broad SMARTS) is 1. The van der Waals surface area contributed by atoms with E-state index >= 15 is 0 Å². The Morgan fingerprint density at radius 2 is 1.90 bits per heavy atom. The summed E-state index contributed by atoms with van der Waals surface area (Å²) in [5.74, 6) is -1.06. The molecule has 0 spiro atoms. The maximum atomic E-state index is 10.2. The van der Waals surface area contributed by atoms with Gasteiger partial charge >= 0.3 is 12.0 Å². The van der Waals surface area contributed by atoms with Gasteiger partial charge in [-0.15, -0.1) is 33.2 Å². The molecular formula is C4H5Cl3O2Si. The van der Waals surface area contributed by atoms with Gasteiger partial charge in [-0.1, -0.05) is 0 Å². The summed E-state index contributed by atoms with van der Waals surface area (Å²) in [5, 5.41) is 8.32. The maximum absolute atomic E-state index is 10.2. The second kappa shape index (κ2) is 3.62. The highest BCUT2D eigenvalue weighted by Gasteiger charge is 2.22. The highest BCUT2D eigenvalue weighted by atomic mass is 35.8. The molecule has 6 heteroatoms. The van der Waals surface area contributed by atoms with Gasteiger partial charge in [-0.05, 0) is 12.6 Å². The van der Waals surface area contributed by atoms with Crippen molar-refractivity contribution in [3.8, 4) is 0 Å². The molecule has 0 aliphatic carbocycles. The normalized spacial score (nSPS) is 13.4. The molecule has 0 atom stereocenters. The van der Waals surface area contributed by atoms with E-state index in [1.54, 1.807) is 0 Å². The first-order valence-electron chi connectivity index (χ1n) is 2.32. The van der Waals surface area contributed by atoms with Crippen LogP contribution in [0.4, 0.5) is 0 Å². The second-order valence-corrected chi connectivity index (χ2v) is 10.2. The van der Waals surface area contributed by atoms with Crippen LogP contribution in [0.1, 0.15) is 6.92 Å². The van der Waals surface area contributed by atoms with E-state index in [1.165, 1.54) is 12.6 Å². The van der Waals surface area contributed by atoms with Crippen LogP contribution in [0.3, 0.4) is 0 Å². The monoisotopic (exact) mass is 218 g/mol. The van der Waals surface area contributed by atoms with E-state index in [4.69, 9.17) is 38.3 Å². The molecular weight excluding hydrogens is 214 g/mol. The van der Waals surface area contributed by atoms with E-state index in [2.05, 4.69) is 0 Å². The molecule has 1 N–H and O–H groups in total. The van der Waals surface area contributed by atoms with Gasteiger partial charge < -0.3 is 5.11 Å². The summed E-state index contributed by atoms with van der Waals surface area (Å²) in [7, 11) is 0. The molecule has 0 unspecified atom stereocenters. The van der Waals surface area contributed by atoms with Crippen LogP contribution in [0.5, 0.6) is 0 Å². The zero-order chi connectivity index (χ0) is 8.36. The van der Waals surface area contributed by atoms with Crippen molar-refractivity contribution >= 4 is 45.2 Å². The minimum absolute atomic E-state index is 0.0756. The molecule has 0 saturated carbocycles. The second-order valence-electron chi connectivity index (χ2n) is 1.67. The van der Waals surface area contributed by atoms with E-state index in [9.17, 15) is 4.79 Å². The lowest BCUT2D eigenvalue weighted by molar-refractivity contribution is -0.132. The first kappa shape index (κ1) is 10.3. The van der Waals surface area contributed by atoms with Gasteiger partial charge in [0.05, 0.1) is 0 Å². The van der Waals surface area contributed by atoms with Crippen molar-refractivity contribution in [3.63, 3.8) is 0 Å². The van der Waals surface area contributed by atoms with Crippen molar-refractivity contribution in [1.29, 1.82) is 0 Å². The molecule has 0 aliphatic heterocycles. The lowest BCUT2D eigenvalue weighted by Crippen LogP contribution is -2.08. The average Bonchev–Trinajstić information content (AvgIpc) is 1.60. The average molecular weight is 220 g/mol. The fourth-order valence-corrected chi connectivity index (χ4v) is 2.39. The molecule has 0 aromatic rings. The van der Waals surface area contributed by atoms with Gasteiger partial charge in [0.25, 0.3) is 0 Å². The predicted octanol–water partition coefficient (Wildman–Crippen LogP) is 2.21. The molecule has 0 radical (unpaired) electrons. The summed E-state index contributed by atoms with van der Waals surface area (Å²) in [5.41, 5.74) is 1.26.